The Morgan fingerprint density at radius 1 is 1.29 bits per heavy atom. The van der Waals surface area contributed by atoms with E-state index < -0.39 is 0 Å². The molecule has 1 unspecified atom stereocenters. The molecular weight excluding hydrogens is 310 g/mol. The van der Waals surface area contributed by atoms with Crippen LogP contribution in [0.5, 0.6) is 5.75 Å². The maximum Gasteiger partial charge on any atom is 0.254 e. The standard InChI is InChI=1S/C17H21N3O4/c1-4-12(2)20(11-16(21)18-15-9-10-24-19-15)17(22)13-5-7-14(23-3)8-6-13/h5-10,12H,4,11H2,1-3H3,(H,18,19,21). The Labute approximate surface area is 140 Å². The zero-order chi connectivity index (χ0) is 17.5. The molecule has 7 nitrogen and oxygen atoms in total. The predicted molar refractivity (Wildman–Crippen MR) is 88.9 cm³/mol. The predicted octanol–water partition coefficient (Wildman–Crippen LogP) is 2.56. The van der Waals surface area contributed by atoms with Crippen molar-refractivity contribution in [2.24, 2.45) is 0 Å². The number of ether oxygens (including phenoxy) is 1. The van der Waals surface area contributed by atoms with Crippen molar-refractivity contribution in [1.29, 1.82) is 0 Å². The fourth-order valence-corrected chi connectivity index (χ4v) is 2.16. The zero-order valence-electron chi connectivity index (χ0n) is 14.0. The van der Waals surface area contributed by atoms with Gasteiger partial charge in [-0.05, 0) is 37.6 Å². The van der Waals surface area contributed by atoms with Gasteiger partial charge in [0.15, 0.2) is 5.82 Å². The summed E-state index contributed by atoms with van der Waals surface area (Å²) in [5.41, 5.74) is 0.505. The van der Waals surface area contributed by atoms with E-state index in [1.165, 1.54) is 17.2 Å². The van der Waals surface area contributed by atoms with Crippen LogP contribution < -0.4 is 10.1 Å². The van der Waals surface area contributed by atoms with Crippen molar-refractivity contribution in [1.82, 2.24) is 10.1 Å². The normalized spacial score (nSPS) is 11.6. The van der Waals surface area contributed by atoms with Crippen LogP contribution in [0.25, 0.3) is 0 Å². The number of nitrogens with one attached hydrogen (secondary N) is 1. The van der Waals surface area contributed by atoms with E-state index in [4.69, 9.17) is 4.74 Å². The Kier molecular flexibility index (Phi) is 5.95. The second-order valence-electron chi connectivity index (χ2n) is 5.35. The summed E-state index contributed by atoms with van der Waals surface area (Å²) in [6.07, 6.45) is 2.10. The SMILES string of the molecule is CCC(C)N(CC(=O)Nc1ccon1)C(=O)c1ccc(OC)cc1. The van der Waals surface area contributed by atoms with Gasteiger partial charge in [-0.25, -0.2) is 0 Å². The maximum absolute atomic E-state index is 12.8. The third kappa shape index (κ3) is 4.34. The fraction of sp³-hybridized carbons (Fsp3) is 0.353. The smallest absolute Gasteiger partial charge is 0.254 e. The molecule has 128 valence electrons. The van der Waals surface area contributed by atoms with Crippen molar-refractivity contribution in [2.75, 3.05) is 19.0 Å². The molecule has 2 amide bonds. The van der Waals surface area contributed by atoms with Crippen LogP contribution in [-0.4, -0.2) is 41.6 Å². The van der Waals surface area contributed by atoms with E-state index in [9.17, 15) is 9.59 Å². The first-order chi connectivity index (χ1) is 11.5. The molecule has 0 bridgehead atoms. The van der Waals surface area contributed by atoms with Gasteiger partial charge in [-0.1, -0.05) is 12.1 Å². The van der Waals surface area contributed by atoms with Gasteiger partial charge in [-0.3, -0.25) is 9.59 Å². The number of methoxy groups -OCH3 is 1. The molecule has 7 heteroatoms. The van der Waals surface area contributed by atoms with Gasteiger partial charge in [0, 0.05) is 17.7 Å². The molecule has 0 saturated carbocycles. The highest BCUT2D eigenvalue weighted by Gasteiger charge is 2.23. The minimum Gasteiger partial charge on any atom is -0.497 e. The van der Waals surface area contributed by atoms with Crippen molar-refractivity contribution in [3.63, 3.8) is 0 Å². The molecule has 24 heavy (non-hydrogen) atoms. The number of anilines is 1. The van der Waals surface area contributed by atoms with Crippen molar-refractivity contribution in [2.45, 2.75) is 26.3 Å². The van der Waals surface area contributed by atoms with Gasteiger partial charge in [-0.15, -0.1) is 0 Å². The van der Waals surface area contributed by atoms with E-state index in [2.05, 4.69) is 15.0 Å². The lowest BCUT2D eigenvalue weighted by molar-refractivity contribution is -0.117. The minimum absolute atomic E-state index is 0.0628. The van der Waals surface area contributed by atoms with Crippen LogP contribution in [0, 0.1) is 0 Å². The number of nitrogens with zero attached hydrogens (tertiary/aromatic N) is 2. The van der Waals surface area contributed by atoms with Gasteiger partial charge in [0.1, 0.15) is 18.6 Å². The van der Waals surface area contributed by atoms with Crippen molar-refractivity contribution < 1.29 is 18.8 Å². The minimum atomic E-state index is -0.328. The summed E-state index contributed by atoms with van der Waals surface area (Å²) in [5, 5.41) is 6.22. The highest BCUT2D eigenvalue weighted by Crippen LogP contribution is 2.15. The van der Waals surface area contributed by atoms with Crippen LogP contribution in [0.4, 0.5) is 5.82 Å². The summed E-state index contributed by atoms with van der Waals surface area (Å²) in [6, 6.07) is 8.27. The molecular formula is C17H21N3O4. The maximum atomic E-state index is 12.8. The Hall–Kier alpha value is -2.83. The van der Waals surface area contributed by atoms with Crippen LogP contribution in [0.1, 0.15) is 30.6 Å². The van der Waals surface area contributed by atoms with E-state index in [0.717, 1.165) is 6.42 Å². The number of carbonyl (C=O) groups is 2. The van der Waals surface area contributed by atoms with Crippen LogP contribution in [0.2, 0.25) is 0 Å². The highest BCUT2D eigenvalue weighted by molar-refractivity contribution is 5.99. The second-order valence-corrected chi connectivity index (χ2v) is 5.35. The van der Waals surface area contributed by atoms with Crippen molar-refractivity contribution in [3.05, 3.63) is 42.2 Å². The Morgan fingerprint density at radius 3 is 2.54 bits per heavy atom. The van der Waals surface area contributed by atoms with E-state index in [0.29, 0.717) is 17.1 Å². The van der Waals surface area contributed by atoms with Gasteiger partial charge in [0.05, 0.1) is 7.11 Å². The zero-order valence-corrected chi connectivity index (χ0v) is 14.0. The van der Waals surface area contributed by atoms with E-state index in [-0.39, 0.29) is 24.4 Å². The molecule has 1 atom stereocenters. The lowest BCUT2D eigenvalue weighted by Crippen LogP contribution is -2.43. The number of hydrogen-bond donors (Lipinski definition) is 1. The van der Waals surface area contributed by atoms with Crippen LogP contribution in [0.15, 0.2) is 41.1 Å². The topological polar surface area (TPSA) is 84.7 Å². The number of carbonyl (C=O) groups excluding carboxylic acids is 2. The number of benzene rings is 1. The fourth-order valence-electron chi connectivity index (χ4n) is 2.16. The first-order valence-corrected chi connectivity index (χ1v) is 7.70. The molecule has 0 radical (unpaired) electrons. The molecule has 0 aliphatic rings. The molecule has 0 aliphatic carbocycles. The Balaban J connectivity index is 2.11. The molecule has 0 fully saturated rings. The third-order valence-corrected chi connectivity index (χ3v) is 3.74. The molecule has 0 aliphatic heterocycles. The summed E-state index contributed by atoms with van der Waals surface area (Å²) in [7, 11) is 1.57. The summed E-state index contributed by atoms with van der Waals surface area (Å²) in [5.74, 6) is 0.458. The number of amides is 2. The lowest BCUT2D eigenvalue weighted by atomic mass is 10.1. The molecule has 0 spiro atoms. The molecule has 2 rings (SSSR count). The average Bonchev–Trinajstić information content (AvgIpc) is 3.11. The lowest BCUT2D eigenvalue weighted by Gasteiger charge is -2.28. The van der Waals surface area contributed by atoms with Gasteiger partial charge in [-0.2, -0.15) is 0 Å². The van der Waals surface area contributed by atoms with Gasteiger partial charge in [0.25, 0.3) is 5.91 Å². The summed E-state index contributed by atoms with van der Waals surface area (Å²) >= 11 is 0. The summed E-state index contributed by atoms with van der Waals surface area (Å²) in [6.45, 7) is 3.81. The van der Waals surface area contributed by atoms with Crippen molar-refractivity contribution >= 4 is 17.6 Å². The van der Waals surface area contributed by atoms with Crippen LogP contribution in [0.3, 0.4) is 0 Å². The van der Waals surface area contributed by atoms with Crippen LogP contribution >= 0.6 is 0 Å². The molecule has 1 N–H and O–H groups in total. The Morgan fingerprint density at radius 2 is 2.00 bits per heavy atom. The third-order valence-electron chi connectivity index (χ3n) is 3.74. The molecule has 1 aromatic carbocycles. The summed E-state index contributed by atoms with van der Waals surface area (Å²) in [4.78, 5) is 26.5. The number of rotatable bonds is 7. The number of hydrogen-bond acceptors (Lipinski definition) is 5. The van der Waals surface area contributed by atoms with Gasteiger partial charge >= 0.3 is 0 Å². The van der Waals surface area contributed by atoms with Crippen molar-refractivity contribution in [3.8, 4) is 5.75 Å². The average molecular weight is 331 g/mol. The Bertz CT molecular complexity index is 668. The van der Waals surface area contributed by atoms with Crippen LogP contribution in [-0.2, 0) is 4.79 Å². The van der Waals surface area contributed by atoms with Gasteiger partial charge < -0.3 is 19.5 Å². The highest BCUT2D eigenvalue weighted by atomic mass is 16.5. The van der Waals surface area contributed by atoms with E-state index in [1.807, 2.05) is 13.8 Å². The summed E-state index contributed by atoms with van der Waals surface area (Å²) < 4.78 is 9.77. The number of aromatic nitrogens is 1. The monoisotopic (exact) mass is 331 g/mol. The molecule has 0 saturated heterocycles. The molecule has 1 heterocycles. The first kappa shape index (κ1) is 17.5. The molecule has 1 aromatic heterocycles. The first-order valence-electron chi connectivity index (χ1n) is 7.70. The van der Waals surface area contributed by atoms with E-state index in [1.54, 1.807) is 31.4 Å². The van der Waals surface area contributed by atoms with E-state index >= 15 is 0 Å². The quantitative estimate of drug-likeness (QED) is 0.843. The second kappa shape index (κ2) is 8.14. The largest absolute Gasteiger partial charge is 0.497 e. The molecule has 2 aromatic rings. The van der Waals surface area contributed by atoms with Gasteiger partial charge in [0.2, 0.25) is 5.91 Å².